The molecule has 0 saturated heterocycles. The van der Waals surface area contributed by atoms with Crippen molar-refractivity contribution >= 4 is 5.97 Å². The first-order chi connectivity index (χ1) is 14.1. The van der Waals surface area contributed by atoms with E-state index < -0.39 is 5.97 Å². The van der Waals surface area contributed by atoms with E-state index >= 15 is 0 Å². The number of rotatable bonds is 23. The molecule has 2 unspecified atom stereocenters. The van der Waals surface area contributed by atoms with Crippen molar-refractivity contribution in [2.45, 2.75) is 129 Å². The van der Waals surface area contributed by atoms with Crippen LogP contribution in [-0.2, 0) is 14.3 Å². The first-order valence-corrected chi connectivity index (χ1v) is 12.4. The van der Waals surface area contributed by atoms with E-state index in [0.29, 0.717) is 13.0 Å². The number of hydrogen-bond donors (Lipinski definition) is 1. The van der Waals surface area contributed by atoms with E-state index in [4.69, 9.17) is 14.6 Å². The Bertz CT molecular complexity index is 346. The summed E-state index contributed by atoms with van der Waals surface area (Å²) >= 11 is 0. The third-order valence-corrected chi connectivity index (χ3v) is 5.82. The molecule has 0 aromatic heterocycles. The largest absolute Gasteiger partial charge is 0.481 e. The van der Waals surface area contributed by atoms with Crippen molar-refractivity contribution in [1.29, 1.82) is 0 Å². The van der Waals surface area contributed by atoms with Gasteiger partial charge >= 0.3 is 5.97 Å². The molecule has 174 valence electrons. The van der Waals surface area contributed by atoms with Gasteiger partial charge in [-0.05, 0) is 12.8 Å². The van der Waals surface area contributed by atoms with E-state index in [2.05, 4.69) is 6.92 Å². The van der Waals surface area contributed by atoms with E-state index in [1.165, 1.54) is 96.3 Å². The Hall–Kier alpha value is -0.610. The number of carboxylic acid groups (broad SMARTS) is 1. The fourth-order valence-corrected chi connectivity index (χ4v) is 3.69. The Labute approximate surface area is 181 Å². The van der Waals surface area contributed by atoms with Crippen LogP contribution >= 0.6 is 0 Å². The number of aliphatic carboxylic acids is 1. The van der Waals surface area contributed by atoms with Crippen LogP contribution in [0.15, 0.2) is 0 Å². The van der Waals surface area contributed by atoms with Crippen LogP contribution in [0.2, 0.25) is 0 Å². The van der Waals surface area contributed by atoms with Crippen LogP contribution in [0.5, 0.6) is 0 Å². The van der Waals surface area contributed by atoms with Crippen LogP contribution in [0.1, 0.15) is 123 Å². The van der Waals surface area contributed by atoms with Gasteiger partial charge in [0, 0.05) is 13.7 Å². The molecular formula is C25H50O4. The second-order valence-electron chi connectivity index (χ2n) is 8.71. The molecule has 4 nitrogen and oxygen atoms in total. The van der Waals surface area contributed by atoms with Gasteiger partial charge in [0.1, 0.15) is 0 Å². The third kappa shape index (κ3) is 20.4. The molecule has 0 aliphatic rings. The summed E-state index contributed by atoms with van der Waals surface area (Å²) < 4.78 is 11.0. The molecule has 29 heavy (non-hydrogen) atoms. The summed E-state index contributed by atoms with van der Waals surface area (Å²) in [4.78, 5) is 10.9. The van der Waals surface area contributed by atoms with Gasteiger partial charge in [0.2, 0.25) is 0 Å². The lowest BCUT2D eigenvalue weighted by Crippen LogP contribution is -2.24. The molecule has 0 aliphatic carbocycles. The summed E-state index contributed by atoms with van der Waals surface area (Å²) in [6.45, 7) is 5.23. The Morgan fingerprint density at radius 3 is 1.55 bits per heavy atom. The molecule has 0 rings (SSSR count). The van der Waals surface area contributed by atoms with Gasteiger partial charge in [-0.15, -0.1) is 0 Å². The van der Waals surface area contributed by atoms with Crippen LogP contribution in [0.4, 0.5) is 0 Å². The molecule has 0 spiro atoms. The molecule has 0 saturated carbocycles. The lowest BCUT2D eigenvalue weighted by molar-refractivity contribution is -0.142. The van der Waals surface area contributed by atoms with Crippen LogP contribution in [0.3, 0.4) is 0 Å². The summed E-state index contributed by atoms with van der Waals surface area (Å²) in [6.07, 6.45) is 22.3. The Balaban J connectivity index is 3.24. The van der Waals surface area contributed by atoms with Crippen molar-refractivity contribution in [2.75, 3.05) is 20.3 Å². The summed E-state index contributed by atoms with van der Waals surface area (Å²) in [5.74, 6) is -1.16. The smallest absolute Gasteiger partial charge is 0.306 e. The van der Waals surface area contributed by atoms with Gasteiger partial charge in [-0.25, -0.2) is 0 Å². The number of unbranched alkanes of at least 4 members (excludes halogenated alkanes) is 15. The molecule has 0 aliphatic heterocycles. The topological polar surface area (TPSA) is 55.8 Å². The predicted octanol–water partition coefficient (Wildman–Crippen LogP) is 7.39. The lowest BCUT2D eigenvalue weighted by atomic mass is 10.0. The van der Waals surface area contributed by atoms with Gasteiger partial charge < -0.3 is 14.6 Å². The van der Waals surface area contributed by atoms with Crippen molar-refractivity contribution < 1.29 is 19.4 Å². The minimum atomic E-state index is -0.773. The normalized spacial score (nSPS) is 13.5. The van der Waals surface area contributed by atoms with Crippen molar-refractivity contribution in [3.8, 4) is 0 Å². The second-order valence-corrected chi connectivity index (χ2v) is 8.71. The SMILES string of the molecule is CCCCCCCCCCCCCCCCCCOCC(CC(C)C(=O)O)OC. The van der Waals surface area contributed by atoms with E-state index in [1.54, 1.807) is 14.0 Å². The number of ether oxygens (including phenoxy) is 2. The van der Waals surface area contributed by atoms with Gasteiger partial charge in [-0.1, -0.05) is 110 Å². The quantitative estimate of drug-likeness (QED) is 0.177. The molecule has 1 N–H and O–H groups in total. The molecule has 0 amide bonds. The average Bonchev–Trinajstić information content (AvgIpc) is 2.71. The van der Waals surface area contributed by atoms with Crippen LogP contribution in [-0.4, -0.2) is 37.5 Å². The molecule has 4 heteroatoms. The second kappa shape index (κ2) is 22.1. The first-order valence-electron chi connectivity index (χ1n) is 12.4. The maximum atomic E-state index is 10.9. The third-order valence-electron chi connectivity index (χ3n) is 5.82. The van der Waals surface area contributed by atoms with Crippen molar-refractivity contribution in [1.82, 2.24) is 0 Å². The summed E-state index contributed by atoms with van der Waals surface area (Å²) in [5.41, 5.74) is 0. The number of methoxy groups -OCH3 is 1. The van der Waals surface area contributed by atoms with Gasteiger partial charge in [0.15, 0.2) is 0 Å². The minimum Gasteiger partial charge on any atom is -0.481 e. The predicted molar refractivity (Wildman–Crippen MR) is 123 cm³/mol. The molecule has 0 fully saturated rings. The van der Waals surface area contributed by atoms with Crippen molar-refractivity contribution in [2.24, 2.45) is 5.92 Å². The fourth-order valence-electron chi connectivity index (χ4n) is 3.69. The zero-order valence-corrected chi connectivity index (χ0v) is 19.8. The Morgan fingerprint density at radius 1 is 0.759 bits per heavy atom. The Kier molecular flexibility index (Phi) is 21.6. The maximum absolute atomic E-state index is 10.9. The maximum Gasteiger partial charge on any atom is 0.306 e. The van der Waals surface area contributed by atoms with Crippen LogP contribution in [0, 0.1) is 5.92 Å². The first kappa shape index (κ1) is 28.4. The molecule has 0 heterocycles. The minimum absolute atomic E-state index is 0.123. The summed E-state index contributed by atoms with van der Waals surface area (Å²) in [7, 11) is 1.62. The molecule has 0 aromatic carbocycles. The van der Waals surface area contributed by atoms with Crippen molar-refractivity contribution in [3.05, 3.63) is 0 Å². The van der Waals surface area contributed by atoms with Crippen LogP contribution in [0.25, 0.3) is 0 Å². The standard InChI is InChI=1S/C25H50O4/c1-4-5-6-7-8-9-10-11-12-13-14-15-16-17-18-19-20-29-22-24(28-3)21-23(2)25(26)27/h23-24H,4-22H2,1-3H3,(H,26,27). The summed E-state index contributed by atoms with van der Waals surface area (Å²) in [5, 5.41) is 8.96. The zero-order chi connectivity index (χ0) is 21.6. The molecular weight excluding hydrogens is 364 g/mol. The Morgan fingerprint density at radius 2 is 1.17 bits per heavy atom. The van der Waals surface area contributed by atoms with Gasteiger partial charge in [0.25, 0.3) is 0 Å². The zero-order valence-electron chi connectivity index (χ0n) is 19.8. The number of carboxylic acids is 1. The highest BCUT2D eigenvalue weighted by molar-refractivity contribution is 5.69. The van der Waals surface area contributed by atoms with Crippen molar-refractivity contribution in [3.63, 3.8) is 0 Å². The molecule has 0 aromatic rings. The van der Waals surface area contributed by atoms with Gasteiger partial charge in [0.05, 0.1) is 18.6 Å². The molecule has 0 bridgehead atoms. The highest BCUT2D eigenvalue weighted by Gasteiger charge is 2.17. The number of carbonyl (C=O) groups is 1. The summed E-state index contributed by atoms with van der Waals surface area (Å²) in [6, 6.07) is 0. The molecule has 2 atom stereocenters. The highest BCUT2D eigenvalue weighted by atomic mass is 16.5. The fraction of sp³-hybridized carbons (Fsp3) is 0.960. The monoisotopic (exact) mass is 414 g/mol. The van der Waals surface area contributed by atoms with E-state index in [-0.39, 0.29) is 12.0 Å². The average molecular weight is 415 g/mol. The highest BCUT2D eigenvalue weighted by Crippen LogP contribution is 2.14. The van der Waals surface area contributed by atoms with E-state index in [1.807, 2.05) is 0 Å². The molecule has 0 radical (unpaired) electrons. The van der Waals surface area contributed by atoms with Gasteiger partial charge in [-0.2, -0.15) is 0 Å². The van der Waals surface area contributed by atoms with E-state index in [0.717, 1.165) is 13.0 Å². The lowest BCUT2D eigenvalue weighted by Gasteiger charge is -2.17. The number of hydrogen-bond acceptors (Lipinski definition) is 3. The van der Waals surface area contributed by atoms with Crippen LogP contribution < -0.4 is 0 Å². The van der Waals surface area contributed by atoms with Gasteiger partial charge in [-0.3, -0.25) is 4.79 Å². The van der Waals surface area contributed by atoms with E-state index in [9.17, 15) is 4.79 Å².